The zero-order valence-corrected chi connectivity index (χ0v) is 17.1. The van der Waals surface area contributed by atoms with Crippen LogP contribution in [0.15, 0.2) is 42.5 Å². The summed E-state index contributed by atoms with van der Waals surface area (Å²) < 4.78 is 5.72. The molecular weight excluding hydrogens is 383 g/mol. The Hall–Kier alpha value is -1.91. The fourth-order valence-electron chi connectivity index (χ4n) is 2.55. The molecule has 146 valence electrons. The Morgan fingerprint density at radius 2 is 1.74 bits per heavy atom. The zero-order valence-electron chi connectivity index (χ0n) is 15.6. The minimum absolute atomic E-state index is 0.0933. The fourth-order valence-corrected chi connectivity index (χ4v) is 2.92. The zero-order chi connectivity index (χ0) is 19.5. The summed E-state index contributed by atoms with van der Waals surface area (Å²) in [6.45, 7) is 3.02. The van der Waals surface area contributed by atoms with Crippen molar-refractivity contribution in [3.05, 3.63) is 52.5 Å². The Labute approximate surface area is 171 Å². The third kappa shape index (κ3) is 7.69. The van der Waals surface area contributed by atoms with E-state index >= 15 is 0 Å². The highest BCUT2D eigenvalue weighted by Crippen LogP contribution is 2.29. The first kappa shape index (κ1) is 21.4. The van der Waals surface area contributed by atoms with E-state index in [1.54, 1.807) is 18.2 Å². The van der Waals surface area contributed by atoms with Gasteiger partial charge in [0.2, 0.25) is 5.91 Å². The van der Waals surface area contributed by atoms with Crippen molar-refractivity contribution in [2.45, 2.75) is 39.0 Å². The Morgan fingerprint density at radius 3 is 2.48 bits per heavy atom. The predicted molar refractivity (Wildman–Crippen MR) is 114 cm³/mol. The topological polar surface area (TPSA) is 50.4 Å². The molecule has 0 aliphatic carbocycles. The molecule has 2 N–H and O–H groups in total. The van der Waals surface area contributed by atoms with E-state index in [1.807, 2.05) is 24.3 Å². The summed E-state index contributed by atoms with van der Waals surface area (Å²) >= 11 is 12.0. The minimum atomic E-state index is -0.171. The van der Waals surface area contributed by atoms with Crippen LogP contribution in [-0.2, 0) is 4.79 Å². The van der Waals surface area contributed by atoms with Crippen LogP contribution in [0.2, 0.25) is 10.0 Å². The molecule has 2 rings (SSSR count). The monoisotopic (exact) mass is 408 g/mol. The molecule has 1 amide bonds. The second-order valence-electron chi connectivity index (χ2n) is 6.29. The van der Waals surface area contributed by atoms with Crippen LogP contribution in [0.5, 0.6) is 5.75 Å². The van der Waals surface area contributed by atoms with E-state index < -0.39 is 0 Å². The van der Waals surface area contributed by atoms with E-state index in [2.05, 4.69) is 17.6 Å². The summed E-state index contributed by atoms with van der Waals surface area (Å²) in [5.74, 6) is 0.642. The van der Waals surface area contributed by atoms with Crippen molar-refractivity contribution < 1.29 is 9.53 Å². The molecular formula is C21H26Cl2N2O2. The van der Waals surface area contributed by atoms with Gasteiger partial charge in [0, 0.05) is 5.69 Å². The quantitative estimate of drug-likeness (QED) is 0.423. The van der Waals surface area contributed by atoms with Gasteiger partial charge in [0.1, 0.15) is 5.75 Å². The second kappa shape index (κ2) is 11.7. The van der Waals surface area contributed by atoms with Gasteiger partial charge < -0.3 is 15.4 Å². The number of hydrogen-bond acceptors (Lipinski definition) is 3. The molecule has 4 nitrogen and oxygen atoms in total. The fraction of sp³-hybridized carbons (Fsp3) is 0.381. The molecule has 0 spiro atoms. The number of hydrogen-bond donors (Lipinski definition) is 2. The first-order chi connectivity index (χ1) is 13.1. The van der Waals surface area contributed by atoms with E-state index in [9.17, 15) is 4.79 Å². The van der Waals surface area contributed by atoms with Crippen LogP contribution < -0.4 is 15.4 Å². The van der Waals surface area contributed by atoms with Crippen molar-refractivity contribution in [1.29, 1.82) is 0 Å². The number of amides is 1. The van der Waals surface area contributed by atoms with Crippen LogP contribution in [0, 0.1) is 0 Å². The number of nitrogens with one attached hydrogen (secondary N) is 2. The standard InChI is InChI=1S/C21H26Cl2N2O2/c1-2-3-4-5-6-14-27-17-12-10-16(11-13-17)25-20(26)15-24-19-9-7-8-18(22)21(19)23/h7-13,24H,2-6,14-15H2,1H3,(H,25,26). The molecule has 0 bridgehead atoms. The number of ether oxygens (including phenoxy) is 1. The third-order valence-corrected chi connectivity index (χ3v) is 4.86. The molecule has 2 aromatic rings. The van der Waals surface area contributed by atoms with Gasteiger partial charge in [0.05, 0.1) is 28.9 Å². The molecule has 0 atom stereocenters. The van der Waals surface area contributed by atoms with Gasteiger partial charge in [0.15, 0.2) is 0 Å². The predicted octanol–water partition coefficient (Wildman–Crippen LogP) is 6.39. The lowest BCUT2D eigenvalue weighted by molar-refractivity contribution is -0.114. The minimum Gasteiger partial charge on any atom is -0.494 e. The van der Waals surface area contributed by atoms with Crippen LogP contribution in [0.25, 0.3) is 0 Å². The van der Waals surface area contributed by atoms with Crippen LogP contribution in [0.1, 0.15) is 39.0 Å². The summed E-state index contributed by atoms with van der Waals surface area (Å²) in [6.07, 6.45) is 6.06. The van der Waals surface area contributed by atoms with Crippen molar-refractivity contribution in [2.75, 3.05) is 23.8 Å². The molecule has 0 heterocycles. The largest absolute Gasteiger partial charge is 0.494 e. The normalized spacial score (nSPS) is 10.5. The molecule has 0 radical (unpaired) electrons. The van der Waals surface area contributed by atoms with Crippen molar-refractivity contribution in [1.82, 2.24) is 0 Å². The van der Waals surface area contributed by atoms with Gasteiger partial charge in [0.25, 0.3) is 0 Å². The number of rotatable bonds is 11. The summed E-state index contributed by atoms with van der Waals surface area (Å²) in [5.41, 5.74) is 1.34. The van der Waals surface area contributed by atoms with Gasteiger partial charge in [-0.15, -0.1) is 0 Å². The van der Waals surface area contributed by atoms with Crippen molar-refractivity contribution in [2.24, 2.45) is 0 Å². The van der Waals surface area contributed by atoms with Crippen LogP contribution in [0.4, 0.5) is 11.4 Å². The molecule has 0 aromatic heterocycles. The maximum atomic E-state index is 12.1. The highest BCUT2D eigenvalue weighted by Gasteiger charge is 2.07. The SMILES string of the molecule is CCCCCCCOc1ccc(NC(=O)CNc2cccc(Cl)c2Cl)cc1. The van der Waals surface area contributed by atoms with E-state index in [1.165, 1.54) is 25.7 Å². The molecule has 0 unspecified atom stereocenters. The summed E-state index contributed by atoms with van der Waals surface area (Å²) in [4.78, 5) is 12.1. The lowest BCUT2D eigenvalue weighted by Gasteiger charge is -2.11. The van der Waals surface area contributed by atoms with Crippen molar-refractivity contribution in [3.8, 4) is 5.75 Å². The third-order valence-electron chi connectivity index (χ3n) is 4.05. The average molecular weight is 409 g/mol. The summed E-state index contributed by atoms with van der Waals surface area (Å²) in [6, 6.07) is 12.6. The highest BCUT2D eigenvalue weighted by atomic mass is 35.5. The van der Waals surface area contributed by atoms with Gasteiger partial charge >= 0.3 is 0 Å². The van der Waals surface area contributed by atoms with Gasteiger partial charge in [-0.3, -0.25) is 4.79 Å². The molecule has 0 saturated carbocycles. The van der Waals surface area contributed by atoms with Crippen molar-refractivity contribution in [3.63, 3.8) is 0 Å². The molecule has 0 fully saturated rings. The molecule has 0 aliphatic rings. The van der Waals surface area contributed by atoms with Gasteiger partial charge in [-0.1, -0.05) is 61.9 Å². The van der Waals surface area contributed by atoms with E-state index in [-0.39, 0.29) is 12.5 Å². The van der Waals surface area contributed by atoms with Crippen LogP contribution in [-0.4, -0.2) is 19.1 Å². The maximum absolute atomic E-state index is 12.1. The van der Waals surface area contributed by atoms with Crippen LogP contribution >= 0.6 is 23.2 Å². The summed E-state index contributed by atoms with van der Waals surface area (Å²) in [7, 11) is 0. The smallest absolute Gasteiger partial charge is 0.243 e. The van der Waals surface area contributed by atoms with Gasteiger partial charge in [-0.25, -0.2) is 0 Å². The Morgan fingerprint density at radius 1 is 1.00 bits per heavy atom. The van der Waals surface area contributed by atoms with E-state index in [4.69, 9.17) is 27.9 Å². The van der Waals surface area contributed by atoms with Gasteiger partial charge in [-0.05, 0) is 42.8 Å². The van der Waals surface area contributed by atoms with Crippen molar-refractivity contribution >= 4 is 40.5 Å². The molecule has 27 heavy (non-hydrogen) atoms. The number of carbonyl (C=O) groups excluding carboxylic acids is 1. The van der Waals surface area contributed by atoms with E-state index in [0.717, 1.165) is 18.8 Å². The average Bonchev–Trinajstić information content (AvgIpc) is 2.67. The molecule has 0 saturated heterocycles. The summed E-state index contributed by atoms with van der Waals surface area (Å²) in [5, 5.41) is 6.66. The maximum Gasteiger partial charge on any atom is 0.243 e. The first-order valence-corrected chi connectivity index (χ1v) is 10.1. The number of benzene rings is 2. The molecule has 6 heteroatoms. The van der Waals surface area contributed by atoms with Gasteiger partial charge in [-0.2, -0.15) is 0 Å². The Kier molecular flexibility index (Phi) is 9.29. The molecule has 0 aliphatic heterocycles. The molecule has 2 aromatic carbocycles. The van der Waals surface area contributed by atoms with E-state index in [0.29, 0.717) is 21.4 Å². The number of anilines is 2. The first-order valence-electron chi connectivity index (χ1n) is 9.30. The second-order valence-corrected chi connectivity index (χ2v) is 7.08. The highest BCUT2D eigenvalue weighted by molar-refractivity contribution is 6.43. The lowest BCUT2D eigenvalue weighted by atomic mass is 10.2. The van der Waals surface area contributed by atoms with Crippen LogP contribution in [0.3, 0.4) is 0 Å². The number of unbranched alkanes of at least 4 members (excludes halogenated alkanes) is 4. The number of halogens is 2. The lowest BCUT2D eigenvalue weighted by Crippen LogP contribution is -2.21. The Balaban J connectivity index is 1.72. The number of carbonyl (C=O) groups is 1. The Bertz CT molecular complexity index is 721.